The Labute approximate surface area is 177 Å². The lowest BCUT2D eigenvalue weighted by atomic mass is 10.0. The topological polar surface area (TPSA) is 89.2 Å². The Morgan fingerprint density at radius 2 is 1.90 bits per heavy atom. The second-order valence-corrected chi connectivity index (χ2v) is 7.89. The summed E-state index contributed by atoms with van der Waals surface area (Å²) in [5.74, 6) is 2.09. The highest BCUT2D eigenvalue weighted by Crippen LogP contribution is 2.34. The fourth-order valence-corrected chi connectivity index (χ4v) is 3.99. The number of nitrogens with zero attached hydrogens (tertiary/aromatic N) is 4. The molecule has 3 heterocycles. The molecule has 0 bridgehead atoms. The average Bonchev–Trinajstić information content (AvgIpc) is 2.75. The third kappa shape index (κ3) is 3.89. The third-order valence-electron chi connectivity index (χ3n) is 5.87. The van der Waals surface area contributed by atoms with Crippen molar-refractivity contribution in [1.82, 2.24) is 15.0 Å². The minimum absolute atomic E-state index is 0.0488. The van der Waals surface area contributed by atoms with Gasteiger partial charge in [0.2, 0.25) is 5.95 Å². The highest BCUT2D eigenvalue weighted by Gasteiger charge is 2.23. The fourth-order valence-electron chi connectivity index (χ4n) is 3.99. The van der Waals surface area contributed by atoms with Gasteiger partial charge in [0.25, 0.3) is 0 Å². The highest BCUT2D eigenvalue weighted by molar-refractivity contribution is 5.85. The first kappa shape index (κ1) is 20.3. The predicted molar refractivity (Wildman–Crippen MR) is 122 cm³/mol. The summed E-state index contributed by atoms with van der Waals surface area (Å²) >= 11 is 0. The summed E-state index contributed by atoms with van der Waals surface area (Å²) in [4.78, 5) is 16.2. The van der Waals surface area contributed by atoms with Crippen LogP contribution in [0.15, 0.2) is 24.3 Å². The number of morpholine rings is 1. The van der Waals surface area contributed by atoms with Crippen LogP contribution in [0.4, 0.5) is 17.6 Å². The molecule has 7 nitrogen and oxygen atoms in total. The summed E-state index contributed by atoms with van der Waals surface area (Å²) in [5, 5.41) is 4.78. The zero-order valence-electron chi connectivity index (χ0n) is 18.2. The van der Waals surface area contributed by atoms with Gasteiger partial charge in [0, 0.05) is 35.3 Å². The first-order chi connectivity index (χ1) is 14.5. The van der Waals surface area contributed by atoms with Gasteiger partial charge in [-0.25, -0.2) is 9.97 Å². The number of hydrogen-bond acceptors (Lipinski definition) is 7. The molecular formula is C23H30N6O. The van der Waals surface area contributed by atoms with Crippen LogP contribution in [0.3, 0.4) is 0 Å². The summed E-state index contributed by atoms with van der Waals surface area (Å²) in [6.45, 7) is 11.4. The van der Waals surface area contributed by atoms with Crippen LogP contribution in [0.25, 0.3) is 10.9 Å². The lowest BCUT2D eigenvalue weighted by Crippen LogP contribution is -2.38. The predicted octanol–water partition coefficient (Wildman–Crippen LogP) is 3.93. The van der Waals surface area contributed by atoms with Gasteiger partial charge in [0.15, 0.2) is 0 Å². The molecular weight excluding hydrogens is 376 g/mol. The van der Waals surface area contributed by atoms with Gasteiger partial charge in [-0.2, -0.15) is 4.98 Å². The molecule has 1 saturated heterocycles. The molecule has 3 N–H and O–H groups in total. The van der Waals surface area contributed by atoms with Crippen molar-refractivity contribution in [2.45, 2.75) is 40.2 Å². The van der Waals surface area contributed by atoms with Crippen LogP contribution in [-0.4, -0.2) is 41.3 Å². The van der Waals surface area contributed by atoms with E-state index in [9.17, 15) is 0 Å². The molecule has 7 heteroatoms. The second-order valence-electron chi connectivity index (χ2n) is 7.89. The van der Waals surface area contributed by atoms with Crippen molar-refractivity contribution in [3.05, 3.63) is 46.6 Å². The SMILES string of the molecule is CCC(Nc1nc(N)nc(C)c1C)c1cc2cccc(C)c2nc1N1CCOCC1. The molecule has 158 valence electrons. The Morgan fingerprint density at radius 3 is 2.63 bits per heavy atom. The van der Waals surface area contributed by atoms with Crippen LogP contribution in [0.1, 0.15) is 41.8 Å². The zero-order chi connectivity index (χ0) is 21.3. The van der Waals surface area contributed by atoms with Crippen LogP contribution in [0, 0.1) is 20.8 Å². The molecule has 3 aromatic rings. The van der Waals surface area contributed by atoms with Crippen LogP contribution in [0.5, 0.6) is 0 Å². The van der Waals surface area contributed by atoms with Crippen molar-refractivity contribution in [2.75, 3.05) is 42.3 Å². The Balaban J connectivity index is 1.82. The minimum Gasteiger partial charge on any atom is -0.378 e. The fraction of sp³-hybridized carbons (Fsp3) is 0.435. The van der Waals surface area contributed by atoms with Crippen LogP contribution >= 0.6 is 0 Å². The Morgan fingerprint density at radius 1 is 1.13 bits per heavy atom. The summed E-state index contributed by atoms with van der Waals surface area (Å²) in [6.07, 6.45) is 0.888. The Hall–Kier alpha value is -2.93. The lowest BCUT2D eigenvalue weighted by molar-refractivity contribution is 0.122. The lowest BCUT2D eigenvalue weighted by Gasteiger charge is -2.32. The molecule has 2 aromatic heterocycles. The van der Waals surface area contributed by atoms with Crippen molar-refractivity contribution in [3.8, 4) is 0 Å². The number of rotatable bonds is 5. The number of nitrogens with one attached hydrogen (secondary N) is 1. The smallest absolute Gasteiger partial charge is 0.222 e. The second kappa shape index (κ2) is 8.44. The van der Waals surface area contributed by atoms with Gasteiger partial charge in [-0.1, -0.05) is 25.1 Å². The van der Waals surface area contributed by atoms with Gasteiger partial charge in [-0.05, 0) is 38.8 Å². The molecule has 1 atom stereocenters. The van der Waals surface area contributed by atoms with Crippen molar-refractivity contribution in [1.29, 1.82) is 0 Å². The third-order valence-corrected chi connectivity index (χ3v) is 5.87. The molecule has 0 spiro atoms. The molecule has 0 saturated carbocycles. The maximum atomic E-state index is 5.93. The molecule has 30 heavy (non-hydrogen) atoms. The van der Waals surface area contributed by atoms with Crippen LogP contribution in [-0.2, 0) is 4.74 Å². The molecule has 1 fully saturated rings. The molecule has 4 rings (SSSR count). The van der Waals surface area contributed by atoms with Crippen LogP contribution < -0.4 is 16.0 Å². The number of anilines is 3. The van der Waals surface area contributed by atoms with Crippen molar-refractivity contribution in [3.63, 3.8) is 0 Å². The summed E-state index contributed by atoms with van der Waals surface area (Å²) in [7, 11) is 0. The quantitative estimate of drug-likeness (QED) is 0.663. The Bertz CT molecular complexity index is 1060. The monoisotopic (exact) mass is 406 g/mol. The highest BCUT2D eigenvalue weighted by atomic mass is 16.5. The molecule has 0 radical (unpaired) electrons. The van der Waals surface area contributed by atoms with Crippen molar-refractivity contribution >= 4 is 28.5 Å². The van der Waals surface area contributed by atoms with E-state index in [1.54, 1.807) is 0 Å². The van der Waals surface area contributed by atoms with Gasteiger partial charge in [-0.15, -0.1) is 0 Å². The molecule has 1 aliphatic rings. The number of pyridine rings is 1. The van der Waals surface area contributed by atoms with E-state index in [-0.39, 0.29) is 12.0 Å². The van der Waals surface area contributed by atoms with E-state index in [1.807, 2.05) is 13.8 Å². The first-order valence-corrected chi connectivity index (χ1v) is 10.6. The van der Waals surface area contributed by atoms with E-state index in [2.05, 4.69) is 58.3 Å². The first-order valence-electron chi connectivity index (χ1n) is 10.6. The van der Waals surface area contributed by atoms with Gasteiger partial charge >= 0.3 is 0 Å². The summed E-state index contributed by atoms with van der Waals surface area (Å²) < 4.78 is 5.58. The number of aryl methyl sites for hydroxylation is 2. The van der Waals surface area contributed by atoms with E-state index >= 15 is 0 Å². The number of nitrogen functional groups attached to an aromatic ring is 1. The number of benzene rings is 1. The van der Waals surface area contributed by atoms with E-state index < -0.39 is 0 Å². The molecule has 1 aliphatic heterocycles. The zero-order valence-corrected chi connectivity index (χ0v) is 18.2. The molecule has 1 aromatic carbocycles. The maximum Gasteiger partial charge on any atom is 0.222 e. The van der Waals surface area contributed by atoms with E-state index in [0.29, 0.717) is 0 Å². The minimum atomic E-state index is 0.0488. The number of para-hydroxylation sites is 1. The number of fused-ring (bicyclic) bond motifs is 1. The van der Waals surface area contributed by atoms with Gasteiger partial charge in [0.05, 0.1) is 24.8 Å². The Kier molecular flexibility index (Phi) is 5.72. The molecule has 0 amide bonds. The van der Waals surface area contributed by atoms with Crippen molar-refractivity contribution < 1.29 is 4.74 Å². The number of nitrogens with two attached hydrogens (primary N) is 1. The standard InChI is InChI=1S/C23H30N6O/c1-5-19(26-21-15(3)16(4)25-23(24)28-21)18-13-17-8-6-7-14(2)20(17)27-22(18)29-9-11-30-12-10-29/h6-8,13,19H,5,9-12H2,1-4H3,(H3,24,25,26,28). The van der Waals surface area contributed by atoms with E-state index in [0.717, 1.165) is 66.5 Å². The van der Waals surface area contributed by atoms with Gasteiger partial charge in [-0.3, -0.25) is 0 Å². The maximum absolute atomic E-state index is 5.93. The normalized spacial score (nSPS) is 15.4. The van der Waals surface area contributed by atoms with Crippen LogP contribution in [0.2, 0.25) is 0 Å². The van der Waals surface area contributed by atoms with E-state index in [4.69, 9.17) is 15.5 Å². The number of ether oxygens (including phenoxy) is 1. The number of aromatic nitrogens is 3. The largest absolute Gasteiger partial charge is 0.378 e. The van der Waals surface area contributed by atoms with Crippen molar-refractivity contribution in [2.24, 2.45) is 0 Å². The van der Waals surface area contributed by atoms with Gasteiger partial charge < -0.3 is 20.7 Å². The molecule has 1 unspecified atom stereocenters. The summed E-state index contributed by atoms with van der Waals surface area (Å²) in [6, 6.07) is 8.65. The average molecular weight is 407 g/mol. The molecule has 0 aliphatic carbocycles. The van der Waals surface area contributed by atoms with E-state index in [1.165, 1.54) is 11.1 Å². The number of hydrogen-bond donors (Lipinski definition) is 2. The van der Waals surface area contributed by atoms with Gasteiger partial charge in [0.1, 0.15) is 11.6 Å². The summed E-state index contributed by atoms with van der Waals surface area (Å²) in [5.41, 5.74) is 11.2.